The van der Waals surface area contributed by atoms with Gasteiger partial charge in [0.15, 0.2) is 10.1 Å². The molecule has 0 fully saturated rings. The summed E-state index contributed by atoms with van der Waals surface area (Å²) in [6.45, 7) is 7.53. The zero-order valence-electron chi connectivity index (χ0n) is 13.4. The van der Waals surface area contributed by atoms with Crippen LogP contribution in [0, 0.1) is 0 Å². The molecule has 126 valence electrons. The summed E-state index contributed by atoms with van der Waals surface area (Å²) in [6.07, 6.45) is 1.74. The molecule has 0 aliphatic carbocycles. The van der Waals surface area contributed by atoms with Crippen molar-refractivity contribution < 1.29 is 9.59 Å². The summed E-state index contributed by atoms with van der Waals surface area (Å²) in [7, 11) is 0. The van der Waals surface area contributed by atoms with E-state index in [0.29, 0.717) is 22.9 Å². The van der Waals surface area contributed by atoms with Gasteiger partial charge in [-0.2, -0.15) is 0 Å². The van der Waals surface area contributed by atoms with Gasteiger partial charge in [0.25, 0.3) is 0 Å². The summed E-state index contributed by atoms with van der Waals surface area (Å²) in [5, 5.41) is 14.2. The first-order valence-electron chi connectivity index (χ1n) is 7.26. The number of Topliss-reactive ketones (excluding diaryl/α,β-unsaturated/α-hetero) is 1. The molecule has 0 saturated heterocycles. The normalized spacial score (nSPS) is 11.6. The molecule has 6 nitrogen and oxygen atoms in total. The van der Waals surface area contributed by atoms with Crippen LogP contribution in [0.15, 0.2) is 41.3 Å². The number of thioether (sulfide) groups is 1. The van der Waals surface area contributed by atoms with Gasteiger partial charge in [0.2, 0.25) is 11.0 Å². The van der Waals surface area contributed by atoms with Crippen molar-refractivity contribution in [1.29, 1.82) is 0 Å². The lowest BCUT2D eigenvalue weighted by Gasteiger charge is -2.09. The lowest BCUT2D eigenvalue weighted by atomic mass is 10.1. The van der Waals surface area contributed by atoms with Crippen molar-refractivity contribution in [3.05, 3.63) is 42.5 Å². The summed E-state index contributed by atoms with van der Waals surface area (Å²) in [5.74, 6) is -0.139. The quantitative estimate of drug-likeness (QED) is 0.425. The highest BCUT2D eigenvalue weighted by atomic mass is 32.2. The molecule has 1 aromatic heterocycles. The van der Waals surface area contributed by atoms with E-state index in [9.17, 15) is 9.59 Å². The third-order valence-corrected chi connectivity index (χ3v) is 5.01. The molecule has 1 unspecified atom stereocenters. The van der Waals surface area contributed by atoms with E-state index >= 15 is 0 Å². The number of aromatic nitrogens is 2. The van der Waals surface area contributed by atoms with Crippen molar-refractivity contribution >= 4 is 45.6 Å². The maximum Gasteiger partial charge on any atom is 0.221 e. The highest BCUT2D eigenvalue weighted by Crippen LogP contribution is 2.30. The van der Waals surface area contributed by atoms with Gasteiger partial charge in [0.05, 0.1) is 5.25 Å². The molecule has 1 amide bonds. The Morgan fingerprint density at radius 1 is 1.33 bits per heavy atom. The van der Waals surface area contributed by atoms with E-state index < -0.39 is 0 Å². The van der Waals surface area contributed by atoms with Gasteiger partial charge in [0.1, 0.15) is 0 Å². The molecule has 1 atom stereocenters. The van der Waals surface area contributed by atoms with Crippen molar-refractivity contribution in [2.75, 3.05) is 17.2 Å². The minimum Gasteiger partial charge on any atom is -0.357 e. The number of carbonyl (C=O) groups excluding carboxylic acids is 2. The number of carbonyl (C=O) groups is 2. The number of nitrogens with zero attached hydrogens (tertiary/aromatic N) is 2. The van der Waals surface area contributed by atoms with E-state index in [1.165, 1.54) is 30.0 Å². The monoisotopic (exact) mass is 362 g/mol. The maximum atomic E-state index is 12.5. The van der Waals surface area contributed by atoms with Gasteiger partial charge in [-0.25, -0.2) is 0 Å². The average Bonchev–Trinajstić information content (AvgIpc) is 2.99. The number of anilines is 2. The molecule has 8 heteroatoms. The number of nitrogens with one attached hydrogen (secondary N) is 2. The van der Waals surface area contributed by atoms with Crippen LogP contribution in [0.1, 0.15) is 24.2 Å². The third-order valence-electron chi connectivity index (χ3n) is 2.94. The fraction of sp³-hybridized carbons (Fsp3) is 0.250. The smallest absolute Gasteiger partial charge is 0.221 e. The van der Waals surface area contributed by atoms with Gasteiger partial charge in [-0.3, -0.25) is 9.59 Å². The number of hydrogen-bond donors (Lipinski definition) is 2. The zero-order chi connectivity index (χ0) is 17.5. The van der Waals surface area contributed by atoms with Crippen LogP contribution in [0.4, 0.5) is 10.8 Å². The molecule has 0 aliphatic heterocycles. The molecule has 0 saturated carbocycles. The highest BCUT2D eigenvalue weighted by Gasteiger charge is 2.18. The SMILES string of the molecule is C=CCNc1nnc(SC(C)C(=O)c2ccc(NC(C)=O)cc2)s1. The summed E-state index contributed by atoms with van der Waals surface area (Å²) < 4.78 is 0.734. The van der Waals surface area contributed by atoms with Crippen LogP contribution in [0.2, 0.25) is 0 Å². The molecule has 0 aliphatic rings. The standard InChI is InChI=1S/C16H18N4O2S2/c1-4-9-17-15-19-20-16(24-15)23-10(2)14(22)12-5-7-13(8-6-12)18-11(3)21/h4-8,10H,1,9H2,2-3H3,(H,17,19)(H,18,21). The minimum absolute atomic E-state index is 0.00479. The number of rotatable bonds is 8. The second-order valence-corrected chi connectivity index (χ2v) is 7.49. The van der Waals surface area contributed by atoms with Crippen LogP contribution in [-0.4, -0.2) is 33.7 Å². The number of ketones is 1. The Balaban J connectivity index is 1.97. The van der Waals surface area contributed by atoms with Gasteiger partial charge in [-0.05, 0) is 31.2 Å². The zero-order valence-corrected chi connectivity index (χ0v) is 15.0. The van der Waals surface area contributed by atoms with Gasteiger partial charge < -0.3 is 10.6 Å². The molecule has 0 spiro atoms. The molecule has 1 aromatic carbocycles. The largest absolute Gasteiger partial charge is 0.357 e. The van der Waals surface area contributed by atoms with Crippen LogP contribution >= 0.6 is 23.1 Å². The van der Waals surface area contributed by atoms with Gasteiger partial charge in [-0.15, -0.1) is 16.8 Å². The predicted molar refractivity (Wildman–Crippen MR) is 99.0 cm³/mol. The average molecular weight is 362 g/mol. The molecule has 2 rings (SSSR count). The van der Waals surface area contributed by atoms with Crippen LogP contribution in [-0.2, 0) is 4.79 Å². The van der Waals surface area contributed by atoms with Gasteiger partial charge >= 0.3 is 0 Å². The predicted octanol–water partition coefficient (Wildman–Crippen LogP) is 3.46. The first-order valence-corrected chi connectivity index (χ1v) is 8.96. The molecule has 24 heavy (non-hydrogen) atoms. The summed E-state index contributed by atoms with van der Waals surface area (Å²) in [6, 6.07) is 6.85. The topological polar surface area (TPSA) is 84.0 Å². The third kappa shape index (κ3) is 5.17. The lowest BCUT2D eigenvalue weighted by molar-refractivity contribution is -0.114. The van der Waals surface area contributed by atoms with Gasteiger partial charge in [0, 0.05) is 24.7 Å². The fourth-order valence-corrected chi connectivity index (χ4v) is 3.83. The van der Waals surface area contributed by atoms with E-state index in [0.717, 1.165) is 4.34 Å². The van der Waals surface area contributed by atoms with E-state index in [1.54, 1.807) is 30.3 Å². The van der Waals surface area contributed by atoms with Crippen molar-refractivity contribution in [3.63, 3.8) is 0 Å². The second kappa shape index (κ2) is 8.60. The highest BCUT2D eigenvalue weighted by molar-refractivity contribution is 8.02. The molecule has 2 N–H and O–H groups in total. The Morgan fingerprint density at radius 2 is 2.04 bits per heavy atom. The Morgan fingerprint density at radius 3 is 2.67 bits per heavy atom. The van der Waals surface area contributed by atoms with Gasteiger partial charge in [-0.1, -0.05) is 29.2 Å². The van der Waals surface area contributed by atoms with E-state index in [4.69, 9.17) is 0 Å². The summed E-state index contributed by atoms with van der Waals surface area (Å²) in [5.41, 5.74) is 1.26. The Kier molecular flexibility index (Phi) is 6.51. The van der Waals surface area contributed by atoms with Crippen molar-refractivity contribution in [2.45, 2.75) is 23.4 Å². The Labute approximate surface area is 148 Å². The number of hydrogen-bond acceptors (Lipinski definition) is 7. The summed E-state index contributed by atoms with van der Waals surface area (Å²) in [4.78, 5) is 23.5. The Bertz CT molecular complexity index is 728. The molecule has 0 radical (unpaired) electrons. The van der Waals surface area contributed by atoms with Crippen LogP contribution < -0.4 is 10.6 Å². The van der Waals surface area contributed by atoms with Crippen LogP contribution in [0.25, 0.3) is 0 Å². The van der Waals surface area contributed by atoms with E-state index in [-0.39, 0.29) is 16.9 Å². The van der Waals surface area contributed by atoms with Crippen LogP contribution in [0.5, 0.6) is 0 Å². The minimum atomic E-state index is -0.281. The van der Waals surface area contributed by atoms with Crippen molar-refractivity contribution in [3.8, 4) is 0 Å². The lowest BCUT2D eigenvalue weighted by Crippen LogP contribution is -2.13. The first-order chi connectivity index (χ1) is 11.5. The Hall–Kier alpha value is -2.19. The summed E-state index contributed by atoms with van der Waals surface area (Å²) >= 11 is 2.78. The molecular weight excluding hydrogens is 344 g/mol. The first kappa shape index (κ1) is 18.2. The molecule has 1 heterocycles. The van der Waals surface area contributed by atoms with E-state index in [1.807, 2.05) is 6.92 Å². The molecule has 0 bridgehead atoms. The fourth-order valence-electron chi connectivity index (χ4n) is 1.85. The number of benzene rings is 1. The van der Waals surface area contributed by atoms with Crippen molar-refractivity contribution in [2.24, 2.45) is 0 Å². The second-order valence-electron chi connectivity index (χ2n) is 4.93. The number of amides is 1. The molecule has 2 aromatic rings. The van der Waals surface area contributed by atoms with E-state index in [2.05, 4.69) is 27.4 Å². The van der Waals surface area contributed by atoms with Crippen LogP contribution in [0.3, 0.4) is 0 Å². The maximum absolute atomic E-state index is 12.5. The van der Waals surface area contributed by atoms with Crippen molar-refractivity contribution in [1.82, 2.24) is 10.2 Å². The molecular formula is C16H18N4O2S2.